The van der Waals surface area contributed by atoms with Crippen LogP contribution in [0.1, 0.15) is 6.92 Å². The minimum Gasteiger partial charge on any atom is -0.385 e. The van der Waals surface area contributed by atoms with E-state index in [2.05, 4.69) is 0 Å². The van der Waals surface area contributed by atoms with Gasteiger partial charge in [0, 0.05) is 0 Å². The van der Waals surface area contributed by atoms with E-state index in [0.717, 1.165) is 5.57 Å². The molecule has 1 N–H and O–H groups in total. The van der Waals surface area contributed by atoms with E-state index in [1.807, 2.05) is 6.92 Å². The van der Waals surface area contributed by atoms with Gasteiger partial charge in [-0.1, -0.05) is 6.08 Å². The van der Waals surface area contributed by atoms with E-state index < -0.39 is 0 Å². The molecule has 1 aliphatic carbocycles. The van der Waals surface area contributed by atoms with Crippen LogP contribution in [0.4, 0.5) is 0 Å². The zero-order chi connectivity index (χ0) is 3.86. The highest BCUT2D eigenvalue weighted by Gasteiger charge is 2.13. The molecule has 28 valence electrons. The van der Waals surface area contributed by atoms with Crippen LogP contribution in [0.3, 0.4) is 0 Å². The van der Waals surface area contributed by atoms with E-state index in [4.69, 9.17) is 5.11 Å². The molecular formula is C4H6O. The molecule has 0 saturated heterocycles. The third kappa shape index (κ3) is 0.329. The Balaban J connectivity index is 2.38. The maximum absolute atomic E-state index is 8.34. The van der Waals surface area contributed by atoms with Crippen LogP contribution in [0.25, 0.3) is 0 Å². The van der Waals surface area contributed by atoms with Crippen molar-refractivity contribution in [2.45, 2.75) is 13.0 Å². The molecule has 1 heteroatoms. The third-order valence-corrected chi connectivity index (χ3v) is 0.778. The molecule has 0 heterocycles. The van der Waals surface area contributed by atoms with Gasteiger partial charge in [0.05, 0.1) is 6.10 Å². The molecule has 1 rings (SSSR count). The molecule has 5 heavy (non-hydrogen) atoms. The normalized spacial score (nSPS) is 33.2. The van der Waals surface area contributed by atoms with Gasteiger partial charge in [-0.05, 0) is 12.5 Å². The number of hydrogen-bond acceptors (Lipinski definition) is 1. The minimum atomic E-state index is -0.157. The quantitative estimate of drug-likeness (QED) is 0.406. The monoisotopic (exact) mass is 70.0 g/mol. The van der Waals surface area contributed by atoms with Crippen molar-refractivity contribution in [3.63, 3.8) is 0 Å². The van der Waals surface area contributed by atoms with Gasteiger partial charge in [0.25, 0.3) is 0 Å². The smallest absolute Gasteiger partial charge is 0.0933 e. The summed E-state index contributed by atoms with van der Waals surface area (Å²) in [4.78, 5) is 0. The molecule has 1 nitrogen and oxygen atoms in total. The summed E-state index contributed by atoms with van der Waals surface area (Å²) in [6, 6.07) is 0. The maximum Gasteiger partial charge on any atom is 0.0933 e. The minimum absolute atomic E-state index is 0.157. The van der Waals surface area contributed by atoms with Gasteiger partial charge in [-0.3, -0.25) is 0 Å². The molecule has 0 amide bonds. The zero-order valence-electron chi connectivity index (χ0n) is 3.10. The van der Waals surface area contributed by atoms with Gasteiger partial charge in [-0.15, -0.1) is 0 Å². The summed E-state index contributed by atoms with van der Waals surface area (Å²) in [5.74, 6) is 0. The number of aliphatic hydroxyl groups excluding tert-OH is 1. The number of aliphatic hydroxyl groups is 1. The Labute approximate surface area is 30.9 Å². The molecule has 1 atom stereocenters. The molecule has 1 aliphatic rings. The average molecular weight is 70.1 g/mol. The Morgan fingerprint density at radius 2 is 2.20 bits per heavy atom. The summed E-state index contributed by atoms with van der Waals surface area (Å²) in [5, 5.41) is 8.34. The molecular weight excluding hydrogens is 64.0 g/mol. The molecule has 0 aromatic heterocycles. The van der Waals surface area contributed by atoms with Crippen LogP contribution >= 0.6 is 0 Å². The van der Waals surface area contributed by atoms with Crippen molar-refractivity contribution < 1.29 is 5.11 Å². The largest absolute Gasteiger partial charge is 0.385 e. The number of rotatable bonds is 0. The van der Waals surface area contributed by atoms with Crippen LogP contribution in [-0.4, -0.2) is 11.2 Å². The predicted molar refractivity (Wildman–Crippen MR) is 19.8 cm³/mol. The highest BCUT2D eigenvalue weighted by Crippen LogP contribution is 2.16. The van der Waals surface area contributed by atoms with Crippen molar-refractivity contribution in [2.75, 3.05) is 0 Å². The van der Waals surface area contributed by atoms with Crippen LogP contribution in [-0.2, 0) is 0 Å². The maximum atomic E-state index is 8.34. The highest BCUT2D eigenvalue weighted by molar-refractivity contribution is 5.28. The van der Waals surface area contributed by atoms with Gasteiger partial charge in [0.1, 0.15) is 0 Å². The van der Waals surface area contributed by atoms with Gasteiger partial charge in [-0.2, -0.15) is 0 Å². The van der Waals surface area contributed by atoms with Gasteiger partial charge >= 0.3 is 0 Å². The van der Waals surface area contributed by atoms with Crippen molar-refractivity contribution in [1.29, 1.82) is 0 Å². The van der Waals surface area contributed by atoms with E-state index in [1.54, 1.807) is 6.08 Å². The lowest BCUT2D eigenvalue weighted by atomic mass is 10.5. The molecule has 0 unspecified atom stereocenters. The van der Waals surface area contributed by atoms with Gasteiger partial charge in [0.2, 0.25) is 0 Å². The van der Waals surface area contributed by atoms with Crippen LogP contribution < -0.4 is 0 Å². The number of hydrogen-bond donors (Lipinski definition) is 1. The lowest BCUT2D eigenvalue weighted by molar-refractivity contribution is 0.296. The van der Waals surface area contributed by atoms with Crippen molar-refractivity contribution in [2.24, 2.45) is 0 Å². The Morgan fingerprint density at radius 3 is 2.20 bits per heavy atom. The summed E-state index contributed by atoms with van der Waals surface area (Å²) in [5.41, 5.74) is 1.10. The van der Waals surface area contributed by atoms with Crippen molar-refractivity contribution in [3.8, 4) is 0 Å². The Hall–Kier alpha value is -0.300. The first-order valence-corrected chi connectivity index (χ1v) is 1.67. The molecule has 0 bridgehead atoms. The summed E-state index contributed by atoms with van der Waals surface area (Å²) in [7, 11) is 0. The standard InChI is InChI=1S/C4H6O/c1-3-2-4(3)5/h2,4-5H,1H3/t4-/m0/s1. The molecule has 0 saturated carbocycles. The SMILES string of the molecule is CC1=C[C@@H]1O. The van der Waals surface area contributed by atoms with Crippen LogP contribution in [0.2, 0.25) is 0 Å². The Kier molecular flexibility index (Phi) is 0.350. The molecule has 0 aromatic carbocycles. The molecule has 0 radical (unpaired) electrons. The van der Waals surface area contributed by atoms with E-state index in [0.29, 0.717) is 0 Å². The first-order valence-electron chi connectivity index (χ1n) is 1.67. The molecule has 0 aromatic rings. The molecule has 0 aliphatic heterocycles. The fourth-order valence-electron chi connectivity index (χ4n) is 0.201. The van der Waals surface area contributed by atoms with Gasteiger partial charge < -0.3 is 5.11 Å². The summed E-state index contributed by atoms with van der Waals surface area (Å²) < 4.78 is 0. The van der Waals surface area contributed by atoms with Gasteiger partial charge in [-0.25, -0.2) is 0 Å². The first kappa shape index (κ1) is 2.91. The lowest BCUT2D eigenvalue weighted by Gasteiger charge is -1.70. The predicted octanol–water partition coefficient (Wildman–Crippen LogP) is 0.307. The van der Waals surface area contributed by atoms with Crippen LogP contribution in [0.15, 0.2) is 11.6 Å². The van der Waals surface area contributed by atoms with E-state index in [9.17, 15) is 0 Å². The van der Waals surface area contributed by atoms with Crippen molar-refractivity contribution in [3.05, 3.63) is 11.6 Å². The second kappa shape index (κ2) is 0.601. The molecule has 0 spiro atoms. The average Bonchev–Trinajstić information content (AvgIpc) is 1.79. The Bertz CT molecular complexity index is 73.7. The van der Waals surface area contributed by atoms with E-state index in [1.165, 1.54) is 0 Å². The summed E-state index contributed by atoms with van der Waals surface area (Å²) in [6.07, 6.45) is 1.65. The first-order chi connectivity index (χ1) is 2.30. The second-order valence-electron chi connectivity index (χ2n) is 1.36. The summed E-state index contributed by atoms with van der Waals surface area (Å²) >= 11 is 0. The van der Waals surface area contributed by atoms with E-state index >= 15 is 0 Å². The molecule has 0 fully saturated rings. The van der Waals surface area contributed by atoms with E-state index in [-0.39, 0.29) is 6.10 Å². The fourth-order valence-corrected chi connectivity index (χ4v) is 0.201. The second-order valence-corrected chi connectivity index (χ2v) is 1.36. The van der Waals surface area contributed by atoms with Crippen LogP contribution in [0.5, 0.6) is 0 Å². The van der Waals surface area contributed by atoms with Gasteiger partial charge in [0.15, 0.2) is 0 Å². The van der Waals surface area contributed by atoms with Crippen LogP contribution in [0, 0.1) is 0 Å². The fraction of sp³-hybridized carbons (Fsp3) is 0.500. The zero-order valence-corrected chi connectivity index (χ0v) is 3.10. The highest BCUT2D eigenvalue weighted by atomic mass is 16.3. The lowest BCUT2D eigenvalue weighted by Crippen LogP contribution is -1.76. The van der Waals surface area contributed by atoms with Crippen molar-refractivity contribution in [1.82, 2.24) is 0 Å². The van der Waals surface area contributed by atoms with Crippen molar-refractivity contribution >= 4 is 0 Å². The third-order valence-electron chi connectivity index (χ3n) is 0.778. The Morgan fingerprint density at radius 1 is 2.00 bits per heavy atom. The topological polar surface area (TPSA) is 20.2 Å². The summed E-state index contributed by atoms with van der Waals surface area (Å²) in [6.45, 7) is 1.91.